The van der Waals surface area contributed by atoms with Gasteiger partial charge in [0.2, 0.25) is 5.91 Å². The van der Waals surface area contributed by atoms with Crippen LogP contribution in [0.5, 0.6) is 0 Å². The highest BCUT2D eigenvalue weighted by Gasteiger charge is 2.00. The summed E-state index contributed by atoms with van der Waals surface area (Å²) in [6.07, 6.45) is 5.50. The minimum absolute atomic E-state index is 0.0716. The molecule has 0 aliphatic heterocycles. The van der Waals surface area contributed by atoms with Crippen molar-refractivity contribution in [3.05, 3.63) is 0 Å². The molecule has 0 rings (SSSR count). The molecule has 0 spiro atoms. The average molecular weight is 199 g/mol. The number of carbonyl (C=O) groups excluding carboxylic acids is 2. The van der Waals surface area contributed by atoms with Crippen LogP contribution in [0.25, 0.3) is 0 Å². The minimum atomic E-state index is 0.0716. The Morgan fingerprint density at radius 1 is 1.07 bits per heavy atom. The van der Waals surface area contributed by atoms with Crippen LogP contribution < -0.4 is 5.32 Å². The van der Waals surface area contributed by atoms with Crippen molar-refractivity contribution in [1.29, 1.82) is 0 Å². The van der Waals surface area contributed by atoms with Crippen LogP contribution in [0.3, 0.4) is 0 Å². The molecule has 1 amide bonds. The van der Waals surface area contributed by atoms with Crippen LogP contribution in [0.2, 0.25) is 0 Å². The standard InChI is InChI=1S/C11H21NO2/c1-3-4-5-6-7-11(14)12-9-8-10(2)13/h3-9H2,1-2H3,(H,12,14). The van der Waals surface area contributed by atoms with E-state index in [1.165, 1.54) is 19.8 Å². The van der Waals surface area contributed by atoms with Gasteiger partial charge in [0.25, 0.3) is 0 Å². The number of amides is 1. The first-order valence-electron chi connectivity index (χ1n) is 5.43. The lowest BCUT2D eigenvalue weighted by molar-refractivity contribution is -0.121. The lowest BCUT2D eigenvalue weighted by Crippen LogP contribution is -2.25. The Morgan fingerprint density at radius 2 is 1.79 bits per heavy atom. The molecule has 0 saturated heterocycles. The van der Waals surface area contributed by atoms with Gasteiger partial charge in [-0.1, -0.05) is 26.2 Å². The van der Waals surface area contributed by atoms with Crippen molar-refractivity contribution in [2.24, 2.45) is 0 Å². The molecule has 0 aromatic heterocycles. The topological polar surface area (TPSA) is 46.2 Å². The molecule has 0 fully saturated rings. The van der Waals surface area contributed by atoms with Crippen LogP contribution in [0.4, 0.5) is 0 Å². The second-order valence-corrected chi connectivity index (χ2v) is 3.61. The van der Waals surface area contributed by atoms with E-state index in [1.807, 2.05) is 0 Å². The van der Waals surface area contributed by atoms with Gasteiger partial charge in [0.15, 0.2) is 0 Å². The molecule has 82 valence electrons. The molecule has 0 aliphatic rings. The summed E-state index contributed by atoms with van der Waals surface area (Å²) in [5.74, 6) is 0.193. The molecule has 0 unspecified atom stereocenters. The summed E-state index contributed by atoms with van der Waals surface area (Å²) < 4.78 is 0. The Labute approximate surface area is 86.3 Å². The van der Waals surface area contributed by atoms with Crippen molar-refractivity contribution in [2.75, 3.05) is 6.54 Å². The highest BCUT2D eigenvalue weighted by atomic mass is 16.1. The summed E-state index contributed by atoms with van der Waals surface area (Å²) in [6, 6.07) is 0. The second kappa shape index (κ2) is 8.73. The smallest absolute Gasteiger partial charge is 0.220 e. The maximum atomic E-state index is 11.2. The number of unbranched alkanes of at least 4 members (excludes halogenated alkanes) is 3. The van der Waals surface area contributed by atoms with Gasteiger partial charge in [-0.3, -0.25) is 9.59 Å². The average Bonchev–Trinajstić information content (AvgIpc) is 2.12. The van der Waals surface area contributed by atoms with Crippen LogP contribution in [-0.4, -0.2) is 18.2 Å². The van der Waals surface area contributed by atoms with E-state index in [2.05, 4.69) is 12.2 Å². The molecule has 3 heteroatoms. The summed E-state index contributed by atoms with van der Waals surface area (Å²) in [5.41, 5.74) is 0. The number of hydrogen-bond acceptors (Lipinski definition) is 2. The summed E-state index contributed by atoms with van der Waals surface area (Å²) in [4.78, 5) is 21.7. The van der Waals surface area contributed by atoms with Crippen molar-refractivity contribution in [2.45, 2.75) is 52.4 Å². The summed E-state index contributed by atoms with van der Waals surface area (Å²) >= 11 is 0. The number of ketones is 1. The van der Waals surface area contributed by atoms with E-state index in [0.717, 1.165) is 12.8 Å². The Kier molecular flexibility index (Phi) is 8.19. The molecule has 0 aliphatic carbocycles. The van der Waals surface area contributed by atoms with Gasteiger partial charge in [-0.25, -0.2) is 0 Å². The normalized spacial score (nSPS) is 9.86. The minimum Gasteiger partial charge on any atom is -0.356 e. The molecule has 3 nitrogen and oxygen atoms in total. The van der Waals surface area contributed by atoms with E-state index in [-0.39, 0.29) is 11.7 Å². The Hall–Kier alpha value is -0.860. The van der Waals surface area contributed by atoms with Gasteiger partial charge in [-0.2, -0.15) is 0 Å². The third kappa shape index (κ3) is 9.23. The van der Waals surface area contributed by atoms with E-state index >= 15 is 0 Å². The van der Waals surface area contributed by atoms with Crippen LogP contribution >= 0.6 is 0 Å². The predicted octanol–water partition coefficient (Wildman–Crippen LogP) is 2.05. The van der Waals surface area contributed by atoms with Gasteiger partial charge in [0.05, 0.1) is 0 Å². The Balaban J connectivity index is 3.24. The second-order valence-electron chi connectivity index (χ2n) is 3.61. The number of nitrogens with one attached hydrogen (secondary N) is 1. The van der Waals surface area contributed by atoms with E-state index in [4.69, 9.17) is 0 Å². The van der Waals surface area contributed by atoms with Gasteiger partial charge in [0, 0.05) is 19.4 Å². The van der Waals surface area contributed by atoms with Gasteiger partial charge < -0.3 is 5.32 Å². The zero-order valence-electron chi connectivity index (χ0n) is 9.27. The van der Waals surface area contributed by atoms with Gasteiger partial charge in [-0.05, 0) is 13.3 Å². The molecule has 0 saturated carbocycles. The lowest BCUT2D eigenvalue weighted by atomic mass is 10.1. The number of hydrogen-bond donors (Lipinski definition) is 1. The van der Waals surface area contributed by atoms with E-state index in [0.29, 0.717) is 19.4 Å². The third-order valence-corrected chi connectivity index (χ3v) is 2.06. The van der Waals surface area contributed by atoms with Crippen molar-refractivity contribution >= 4 is 11.7 Å². The van der Waals surface area contributed by atoms with Gasteiger partial charge in [-0.15, -0.1) is 0 Å². The lowest BCUT2D eigenvalue weighted by Gasteiger charge is -2.03. The fraction of sp³-hybridized carbons (Fsp3) is 0.818. The SMILES string of the molecule is CCCCCCC(=O)NCCC(C)=O. The summed E-state index contributed by atoms with van der Waals surface area (Å²) in [5, 5.41) is 2.73. The zero-order valence-corrected chi connectivity index (χ0v) is 9.27. The number of rotatable bonds is 8. The molecule has 14 heavy (non-hydrogen) atoms. The first kappa shape index (κ1) is 13.1. The third-order valence-electron chi connectivity index (χ3n) is 2.06. The molecule has 0 aromatic rings. The van der Waals surface area contributed by atoms with Crippen LogP contribution in [0.15, 0.2) is 0 Å². The highest BCUT2D eigenvalue weighted by Crippen LogP contribution is 2.01. The van der Waals surface area contributed by atoms with Gasteiger partial charge in [0.1, 0.15) is 5.78 Å². The maximum Gasteiger partial charge on any atom is 0.220 e. The van der Waals surface area contributed by atoms with E-state index < -0.39 is 0 Å². The first-order valence-corrected chi connectivity index (χ1v) is 5.43. The molecule has 0 atom stereocenters. The quantitative estimate of drug-likeness (QED) is 0.608. The molecule has 0 aromatic carbocycles. The highest BCUT2D eigenvalue weighted by molar-refractivity contribution is 5.78. The largest absolute Gasteiger partial charge is 0.356 e. The van der Waals surface area contributed by atoms with Crippen LogP contribution in [-0.2, 0) is 9.59 Å². The van der Waals surface area contributed by atoms with Crippen molar-refractivity contribution < 1.29 is 9.59 Å². The molecule has 0 radical (unpaired) electrons. The maximum absolute atomic E-state index is 11.2. The Morgan fingerprint density at radius 3 is 2.36 bits per heavy atom. The van der Waals surface area contributed by atoms with E-state index in [1.54, 1.807) is 0 Å². The first-order chi connectivity index (χ1) is 6.66. The number of Topliss-reactive ketones (excluding diaryl/α,β-unsaturated/α-hetero) is 1. The van der Waals surface area contributed by atoms with Crippen LogP contribution in [0, 0.1) is 0 Å². The molecule has 0 bridgehead atoms. The fourth-order valence-electron chi connectivity index (χ4n) is 1.18. The molecule has 1 N–H and O–H groups in total. The zero-order chi connectivity index (χ0) is 10.8. The molecular formula is C11H21NO2. The van der Waals surface area contributed by atoms with Crippen molar-refractivity contribution in [1.82, 2.24) is 5.32 Å². The monoisotopic (exact) mass is 199 g/mol. The fourth-order valence-corrected chi connectivity index (χ4v) is 1.18. The summed E-state index contributed by atoms with van der Waals surface area (Å²) in [7, 11) is 0. The van der Waals surface area contributed by atoms with Crippen LogP contribution in [0.1, 0.15) is 52.4 Å². The van der Waals surface area contributed by atoms with Gasteiger partial charge >= 0.3 is 0 Å². The molecule has 0 heterocycles. The van der Waals surface area contributed by atoms with E-state index in [9.17, 15) is 9.59 Å². The van der Waals surface area contributed by atoms with Crippen molar-refractivity contribution in [3.8, 4) is 0 Å². The number of carbonyl (C=O) groups is 2. The Bertz CT molecular complexity index is 178. The molecular weight excluding hydrogens is 178 g/mol. The summed E-state index contributed by atoms with van der Waals surface area (Å²) in [6.45, 7) is 4.17. The predicted molar refractivity (Wildman–Crippen MR) is 57.1 cm³/mol. The van der Waals surface area contributed by atoms with Crippen molar-refractivity contribution in [3.63, 3.8) is 0 Å².